The highest BCUT2D eigenvalue weighted by molar-refractivity contribution is 7.09. The van der Waals surface area contributed by atoms with E-state index in [0.717, 1.165) is 59.1 Å². The number of aromatic nitrogens is 1. The van der Waals surface area contributed by atoms with Crippen molar-refractivity contribution in [2.75, 3.05) is 18.1 Å². The highest BCUT2D eigenvalue weighted by atomic mass is 32.1. The van der Waals surface area contributed by atoms with Gasteiger partial charge in [-0.05, 0) is 62.9 Å². The molecule has 31 heavy (non-hydrogen) atoms. The average molecular weight is 437 g/mol. The number of amides is 1. The van der Waals surface area contributed by atoms with E-state index in [1.165, 1.54) is 0 Å². The molecule has 1 aromatic heterocycles. The van der Waals surface area contributed by atoms with Gasteiger partial charge in [-0.3, -0.25) is 4.79 Å². The van der Waals surface area contributed by atoms with Gasteiger partial charge in [-0.2, -0.15) is 0 Å². The molecule has 0 spiro atoms. The minimum Gasteiger partial charge on any atom is -0.494 e. The van der Waals surface area contributed by atoms with E-state index in [-0.39, 0.29) is 5.91 Å². The Morgan fingerprint density at radius 3 is 2.81 bits per heavy atom. The van der Waals surface area contributed by atoms with Crippen LogP contribution in [0.4, 0.5) is 5.69 Å². The van der Waals surface area contributed by atoms with Gasteiger partial charge in [0.05, 0.1) is 23.0 Å². The number of benzene rings is 2. The van der Waals surface area contributed by atoms with Gasteiger partial charge in [0.2, 0.25) is 0 Å². The first-order valence-electron chi connectivity index (χ1n) is 10.9. The fourth-order valence-electron chi connectivity index (χ4n) is 3.65. The zero-order chi connectivity index (χ0) is 21.6. The van der Waals surface area contributed by atoms with E-state index in [2.05, 4.69) is 12.3 Å². The molecule has 0 fully saturated rings. The summed E-state index contributed by atoms with van der Waals surface area (Å²) in [6, 6.07) is 15.8. The van der Waals surface area contributed by atoms with Crippen LogP contribution in [0.2, 0.25) is 0 Å². The summed E-state index contributed by atoms with van der Waals surface area (Å²) in [5.74, 6) is 1.62. The quantitative estimate of drug-likeness (QED) is 0.402. The normalized spacial score (nSPS) is 15.5. The highest BCUT2D eigenvalue weighted by Gasteiger charge is 2.31. The van der Waals surface area contributed by atoms with Crippen molar-refractivity contribution in [1.29, 1.82) is 0 Å². The molecule has 4 rings (SSSR count). The lowest BCUT2D eigenvalue weighted by Gasteiger charge is -2.33. The summed E-state index contributed by atoms with van der Waals surface area (Å²) in [4.78, 5) is 19.5. The molecule has 2 heterocycles. The van der Waals surface area contributed by atoms with Crippen LogP contribution >= 0.6 is 11.3 Å². The second-order valence-electron chi connectivity index (χ2n) is 7.68. The molecule has 1 unspecified atom stereocenters. The minimum absolute atomic E-state index is 0.00132. The van der Waals surface area contributed by atoms with Crippen LogP contribution in [0.15, 0.2) is 53.9 Å². The van der Waals surface area contributed by atoms with Crippen molar-refractivity contribution >= 4 is 22.9 Å². The van der Waals surface area contributed by atoms with E-state index in [1.54, 1.807) is 11.3 Å². The predicted molar refractivity (Wildman–Crippen MR) is 125 cm³/mol. The zero-order valence-electron chi connectivity index (χ0n) is 18.0. The standard InChI is InChI=1S/C25H28N2O3S/c1-3-9-24-26-21(17-31-24)19-12-13-23-22(16-19)27(25(28)18(2)30-23)14-7-8-15-29-20-10-5-4-6-11-20/h4-6,10-13,16-18H,3,7-9,14-15H2,1-2H3. The number of anilines is 1. The van der Waals surface area contributed by atoms with Gasteiger partial charge < -0.3 is 14.4 Å². The average Bonchev–Trinajstić information content (AvgIpc) is 3.25. The third-order valence-electron chi connectivity index (χ3n) is 5.27. The van der Waals surface area contributed by atoms with Crippen LogP contribution in [0.3, 0.4) is 0 Å². The molecule has 5 nitrogen and oxygen atoms in total. The Labute approximate surface area is 187 Å². The third kappa shape index (κ3) is 5.07. The van der Waals surface area contributed by atoms with E-state index >= 15 is 0 Å². The first kappa shape index (κ1) is 21.4. The Morgan fingerprint density at radius 1 is 1.16 bits per heavy atom. The number of hydrogen-bond donors (Lipinski definition) is 0. The summed E-state index contributed by atoms with van der Waals surface area (Å²) in [5, 5.41) is 3.23. The van der Waals surface area contributed by atoms with E-state index in [4.69, 9.17) is 14.5 Å². The number of ether oxygens (including phenoxy) is 2. The molecule has 1 atom stereocenters. The van der Waals surface area contributed by atoms with Crippen LogP contribution in [-0.4, -0.2) is 30.1 Å². The van der Waals surface area contributed by atoms with E-state index in [1.807, 2.05) is 60.4 Å². The van der Waals surface area contributed by atoms with Crippen LogP contribution in [0.5, 0.6) is 11.5 Å². The number of aryl methyl sites for hydroxylation is 1. The van der Waals surface area contributed by atoms with Crippen molar-refractivity contribution in [2.45, 2.75) is 45.6 Å². The number of carbonyl (C=O) groups is 1. The summed E-state index contributed by atoms with van der Waals surface area (Å²) in [6.07, 6.45) is 3.32. The van der Waals surface area contributed by atoms with Gasteiger partial charge >= 0.3 is 0 Å². The molecule has 0 saturated heterocycles. The molecule has 0 saturated carbocycles. The van der Waals surface area contributed by atoms with E-state index < -0.39 is 6.10 Å². The summed E-state index contributed by atoms with van der Waals surface area (Å²) in [5.41, 5.74) is 2.80. The van der Waals surface area contributed by atoms with Crippen LogP contribution in [0.25, 0.3) is 11.3 Å². The van der Waals surface area contributed by atoms with Gasteiger partial charge in [-0.15, -0.1) is 11.3 Å². The molecule has 2 aromatic carbocycles. The van der Waals surface area contributed by atoms with Crippen molar-refractivity contribution in [1.82, 2.24) is 4.98 Å². The molecule has 0 aliphatic carbocycles. The maximum atomic E-state index is 12.9. The lowest BCUT2D eigenvalue weighted by Crippen LogP contribution is -2.45. The first-order valence-corrected chi connectivity index (χ1v) is 11.8. The molecule has 6 heteroatoms. The Bertz CT molecular complexity index is 1020. The van der Waals surface area contributed by atoms with Gasteiger partial charge in [0, 0.05) is 17.5 Å². The summed E-state index contributed by atoms with van der Waals surface area (Å²) >= 11 is 1.69. The molecule has 0 radical (unpaired) electrons. The monoisotopic (exact) mass is 436 g/mol. The Kier molecular flexibility index (Phi) is 6.87. The zero-order valence-corrected chi connectivity index (χ0v) is 18.9. The van der Waals surface area contributed by atoms with Gasteiger partial charge in [-0.1, -0.05) is 25.1 Å². The number of carbonyl (C=O) groups excluding carboxylic acids is 1. The third-order valence-corrected chi connectivity index (χ3v) is 6.18. The molecular weight excluding hydrogens is 408 g/mol. The number of rotatable bonds is 9. The maximum Gasteiger partial charge on any atom is 0.267 e. The fourth-order valence-corrected chi connectivity index (χ4v) is 4.56. The largest absolute Gasteiger partial charge is 0.494 e. The van der Waals surface area contributed by atoms with Crippen LogP contribution in [0.1, 0.15) is 38.1 Å². The molecule has 0 bridgehead atoms. The van der Waals surface area contributed by atoms with Crippen molar-refractivity contribution in [3.05, 3.63) is 58.9 Å². The molecule has 0 N–H and O–H groups in total. The first-order chi connectivity index (χ1) is 15.2. The maximum absolute atomic E-state index is 12.9. The Morgan fingerprint density at radius 2 is 2.00 bits per heavy atom. The van der Waals surface area contributed by atoms with Crippen molar-refractivity contribution in [3.8, 4) is 22.8 Å². The Hall–Kier alpha value is -2.86. The number of thiazole rings is 1. The van der Waals surface area contributed by atoms with Crippen LogP contribution in [0, 0.1) is 0 Å². The fraction of sp³-hybridized carbons (Fsp3) is 0.360. The Balaban J connectivity index is 1.44. The number of para-hydroxylation sites is 1. The van der Waals surface area contributed by atoms with Crippen molar-refractivity contribution < 1.29 is 14.3 Å². The van der Waals surface area contributed by atoms with Gasteiger partial charge in [-0.25, -0.2) is 4.98 Å². The van der Waals surface area contributed by atoms with Gasteiger partial charge in [0.25, 0.3) is 5.91 Å². The topological polar surface area (TPSA) is 51.7 Å². The number of nitrogens with zero attached hydrogens (tertiary/aromatic N) is 2. The molecule has 3 aromatic rings. The summed E-state index contributed by atoms with van der Waals surface area (Å²) < 4.78 is 11.6. The van der Waals surface area contributed by atoms with Crippen LogP contribution in [-0.2, 0) is 11.2 Å². The van der Waals surface area contributed by atoms with Gasteiger partial charge in [0.1, 0.15) is 11.5 Å². The summed E-state index contributed by atoms with van der Waals surface area (Å²) in [6.45, 7) is 5.23. The number of hydrogen-bond acceptors (Lipinski definition) is 5. The predicted octanol–water partition coefficient (Wildman–Crippen LogP) is 5.74. The smallest absolute Gasteiger partial charge is 0.267 e. The molecular formula is C25H28N2O3S. The van der Waals surface area contributed by atoms with E-state index in [9.17, 15) is 4.79 Å². The lowest BCUT2D eigenvalue weighted by atomic mass is 10.1. The molecule has 1 aliphatic heterocycles. The molecule has 1 aliphatic rings. The van der Waals surface area contributed by atoms with E-state index in [0.29, 0.717) is 13.2 Å². The van der Waals surface area contributed by atoms with Gasteiger partial charge in [0.15, 0.2) is 6.10 Å². The van der Waals surface area contributed by atoms with Crippen molar-refractivity contribution in [2.24, 2.45) is 0 Å². The molecule has 162 valence electrons. The SMILES string of the molecule is CCCc1nc(-c2ccc3c(c2)N(CCCCOc2ccccc2)C(=O)C(C)O3)cs1. The summed E-state index contributed by atoms with van der Waals surface area (Å²) in [7, 11) is 0. The second-order valence-corrected chi connectivity index (χ2v) is 8.62. The second kappa shape index (κ2) is 9.96. The number of fused-ring (bicyclic) bond motifs is 1. The lowest BCUT2D eigenvalue weighted by molar-refractivity contribution is -0.125. The molecule has 1 amide bonds. The highest BCUT2D eigenvalue weighted by Crippen LogP contribution is 2.38. The minimum atomic E-state index is -0.477. The number of unbranched alkanes of at least 4 members (excludes halogenated alkanes) is 1. The van der Waals surface area contributed by atoms with Crippen LogP contribution < -0.4 is 14.4 Å². The van der Waals surface area contributed by atoms with Crippen molar-refractivity contribution in [3.63, 3.8) is 0 Å².